The third-order valence-electron chi connectivity index (χ3n) is 2.34. The second kappa shape index (κ2) is 6.00. The van der Waals surface area contributed by atoms with Gasteiger partial charge in [0.05, 0.1) is 0 Å². The molecule has 0 aromatic carbocycles. The van der Waals surface area contributed by atoms with Gasteiger partial charge in [-0.05, 0) is 34.3 Å². The highest BCUT2D eigenvalue weighted by molar-refractivity contribution is 9.10. The number of rotatable bonds is 4. The van der Waals surface area contributed by atoms with E-state index in [1.54, 1.807) is 6.07 Å². The van der Waals surface area contributed by atoms with Gasteiger partial charge in [0.25, 0.3) is 11.5 Å². The van der Waals surface area contributed by atoms with Crippen molar-refractivity contribution in [2.45, 2.75) is 27.2 Å². The molecule has 94 valence electrons. The van der Waals surface area contributed by atoms with E-state index in [1.807, 2.05) is 20.8 Å². The molecule has 0 atom stereocenters. The number of hydrogen-bond acceptors (Lipinski definition) is 2. The molecular formula is C12H17BrN2O2. The Morgan fingerprint density at radius 1 is 1.53 bits per heavy atom. The molecule has 1 aromatic rings. The van der Waals surface area contributed by atoms with Crippen LogP contribution in [0.4, 0.5) is 0 Å². The van der Waals surface area contributed by atoms with Gasteiger partial charge >= 0.3 is 0 Å². The number of amides is 1. The fraction of sp³-hybridized carbons (Fsp3) is 0.500. The SMILES string of the molecule is CCc1[nH]c(=O)c(C(=O)NCC(C)C)cc1Br. The Hall–Kier alpha value is -1.10. The van der Waals surface area contributed by atoms with E-state index >= 15 is 0 Å². The molecule has 0 radical (unpaired) electrons. The third kappa shape index (κ3) is 3.70. The lowest BCUT2D eigenvalue weighted by atomic mass is 10.2. The predicted molar refractivity (Wildman–Crippen MR) is 71.3 cm³/mol. The maximum Gasteiger partial charge on any atom is 0.261 e. The molecule has 2 N–H and O–H groups in total. The Morgan fingerprint density at radius 3 is 2.71 bits per heavy atom. The zero-order valence-electron chi connectivity index (χ0n) is 10.3. The van der Waals surface area contributed by atoms with Crippen LogP contribution in [0.5, 0.6) is 0 Å². The average Bonchev–Trinajstić information content (AvgIpc) is 2.28. The van der Waals surface area contributed by atoms with Crippen LogP contribution < -0.4 is 10.9 Å². The van der Waals surface area contributed by atoms with Crippen molar-refractivity contribution in [3.8, 4) is 0 Å². The van der Waals surface area contributed by atoms with Crippen molar-refractivity contribution < 1.29 is 4.79 Å². The molecule has 0 aliphatic carbocycles. The Balaban J connectivity index is 2.95. The van der Waals surface area contributed by atoms with E-state index in [0.717, 1.165) is 10.2 Å². The highest BCUT2D eigenvalue weighted by Gasteiger charge is 2.13. The number of aromatic amines is 1. The van der Waals surface area contributed by atoms with E-state index < -0.39 is 0 Å². The topological polar surface area (TPSA) is 62.0 Å². The Bertz CT molecular complexity index is 466. The summed E-state index contributed by atoms with van der Waals surface area (Å²) >= 11 is 3.34. The lowest BCUT2D eigenvalue weighted by molar-refractivity contribution is 0.0947. The van der Waals surface area contributed by atoms with Crippen LogP contribution in [0.2, 0.25) is 0 Å². The zero-order chi connectivity index (χ0) is 13.0. The lowest BCUT2D eigenvalue weighted by Crippen LogP contribution is -2.32. The monoisotopic (exact) mass is 300 g/mol. The number of H-pyrrole nitrogens is 1. The molecule has 0 aliphatic rings. The molecule has 1 rings (SSSR count). The van der Waals surface area contributed by atoms with Crippen LogP contribution in [0.3, 0.4) is 0 Å². The number of aromatic nitrogens is 1. The second-order valence-corrected chi connectivity index (χ2v) is 5.15. The van der Waals surface area contributed by atoms with Gasteiger partial charge in [-0.25, -0.2) is 0 Å². The number of aryl methyl sites for hydroxylation is 1. The van der Waals surface area contributed by atoms with Crippen LogP contribution in [0.15, 0.2) is 15.3 Å². The van der Waals surface area contributed by atoms with Crippen molar-refractivity contribution in [3.63, 3.8) is 0 Å². The van der Waals surface area contributed by atoms with E-state index in [2.05, 4.69) is 26.2 Å². The molecule has 1 aromatic heterocycles. The van der Waals surface area contributed by atoms with Crippen LogP contribution in [-0.2, 0) is 6.42 Å². The van der Waals surface area contributed by atoms with Crippen molar-refractivity contribution in [1.82, 2.24) is 10.3 Å². The summed E-state index contributed by atoms with van der Waals surface area (Å²) in [7, 11) is 0. The number of carbonyl (C=O) groups is 1. The van der Waals surface area contributed by atoms with E-state index in [-0.39, 0.29) is 17.0 Å². The van der Waals surface area contributed by atoms with Gasteiger partial charge in [-0.3, -0.25) is 9.59 Å². The molecule has 1 heterocycles. The zero-order valence-corrected chi connectivity index (χ0v) is 11.8. The standard InChI is InChI=1S/C12H17BrN2O2/c1-4-10-9(13)5-8(12(17)15-10)11(16)14-6-7(2)3/h5,7H,4,6H2,1-3H3,(H,14,16)(H,15,17). The first kappa shape index (κ1) is 14.0. The maximum absolute atomic E-state index is 11.8. The molecule has 4 nitrogen and oxygen atoms in total. The summed E-state index contributed by atoms with van der Waals surface area (Å²) in [5, 5.41) is 2.72. The highest BCUT2D eigenvalue weighted by atomic mass is 79.9. The Morgan fingerprint density at radius 2 is 2.18 bits per heavy atom. The van der Waals surface area contributed by atoms with Crippen molar-refractivity contribution in [2.75, 3.05) is 6.54 Å². The van der Waals surface area contributed by atoms with Crippen LogP contribution in [-0.4, -0.2) is 17.4 Å². The van der Waals surface area contributed by atoms with E-state index in [4.69, 9.17) is 0 Å². The summed E-state index contributed by atoms with van der Waals surface area (Å²) in [4.78, 5) is 26.2. The van der Waals surface area contributed by atoms with Crippen molar-refractivity contribution in [1.29, 1.82) is 0 Å². The van der Waals surface area contributed by atoms with Crippen LogP contribution in [0.1, 0.15) is 36.8 Å². The van der Waals surface area contributed by atoms with Crippen molar-refractivity contribution in [3.05, 3.63) is 32.2 Å². The highest BCUT2D eigenvalue weighted by Crippen LogP contribution is 2.14. The summed E-state index contributed by atoms with van der Waals surface area (Å²) in [6.07, 6.45) is 0.712. The van der Waals surface area contributed by atoms with Crippen molar-refractivity contribution in [2.24, 2.45) is 5.92 Å². The van der Waals surface area contributed by atoms with Gasteiger partial charge in [0.15, 0.2) is 0 Å². The molecule has 1 amide bonds. The molecular weight excluding hydrogens is 284 g/mol. The first-order valence-electron chi connectivity index (χ1n) is 5.65. The number of halogens is 1. The summed E-state index contributed by atoms with van der Waals surface area (Å²) in [6, 6.07) is 1.58. The largest absolute Gasteiger partial charge is 0.352 e. The van der Waals surface area contributed by atoms with Gasteiger partial charge in [-0.15, -0.1) is 0 Å². The summed E-state index contributed by atoms with van der Waals surface area (Å²) in [5.74, 6) is 0.0275. The third-order valence-corrected chi connectivity index (χ3v) is 3.04. The smallest absolute Gasteiger partial charge is 0.261 e. The van der Waals surface area contributed by atoms with Gasteiger partial charge in [-0.2, -0.15) is 0 Å². The van der Waals surface area contributed by atoms with Crippen LogP contribution >= 0.6 is 15.9 Å². The molecule has 0 unspecified atom stereocenters. The van der Waals surface area contributed by atoms with Crippen LogP contribution in [0, 0.1) is 5.92 Å². The molecule has 0 aliphatic heterocycles. The molecule has 0 saturated carbocycles. The first-order chi connectivity index (χ1) is 7.95. The van der Waals surface area contributed by atoms with Gasteiger partial charge in [0, 0.05) is 16.7 Å². The molecule has 0 saturated heterocycles. The maximum atomic E-state index is 11.8. The quantitative estimate of drug-likeness (QED) is 0.894. The average molecular weight is 301 g/mol. The molecule has 0 fully saturated rings. The number of nitrogens with one attached hydrogen (secondary N) is 2. The van der Waals surface area contributed by atoms with Gasteiger partial charge in [0.2, 0.25) is 0 Å². The van der Waals surface area contributed by atoms with E-state index in [0.29, 0.717) is 18.9 Å². The normalized spacial score (nSPS) is 10.6. The minimum absolute atomic E-state index is 0.148. The minimum Gasteiger partial charge on any atom is -0.352 e. The summed E-state index contributed by atoms with van der Waals surface area (Å²) in [6.45, 7) is 6.50. The fourth-order valence-corrected chi connectivity index (χ4v) is 1.97. The summed E-state index contributed by atoms with van der Waals surface area (Å²) in [5.41, 5.74) is 0.608. The predicted octanol–water partition coefficient (Wildman–Crippen LogP) is 2.09. The Kier molecular flexibility index (Phi) is 4.93. The van der Waals surface area contributed by atoms with Crippen molar-refractivity contribution >= 4 is 21.8 Å². The molecule has 17 heavy (non-hydrogen) atoms. The number of carbonyl (C=O) groups excluding carboxylic acids is 1. The fourth-order valence-electron chi connectivity index (χ4n) is 1.36. The first-order valence-corrected chi connectivity index (χ1v) is 6.44. The van der Waals surface area contributed by atoms with Crippen LogP contribution in [0.25, 0.3) is 0 Å². The number of hydrogen-bond donors (Lipinski definition) is 2. The molecule has 5 heteroatoms. The minimum atomic E-state index is -0.341. The van der Waals surface area contributed by atoms with Gasteiger partial charge in [-0.1, -0.05) is 20.8 Å². The van der Waals surface area contributed by atoms with E-state index in [9.17, 15) is 9.59 Å². The number of pyridine rings is 1. The Labute approximate surface area is 109 Å². The summed E-state index contributed by atoms with van der Waals surface area (Å²) < 4.78 is 0.759. The molecule has 0 bridgehead atoms. The van der Waals surface area contributed by atoms with Gasteiger partial charge < -0.3 is 10.3 Å². The second-order valence-electron chi connectivity index (χ2n) is 4.30. The van der Waals surface area contributed by atoms with Gasteiger partial charge in [0.1, 0.15) is 5.56 Å². The molecule has 0 spiro atoms. The lowest BCUT2D eigenvalue weighted by Gasteiger charge is -2.08. The van der Waals surface area contributed by atoms with E-state index in [1.165, 1.54) is 0 Å².